The van der Waals surface area contributed by atoms with Gasteiger partial charge in [-0.2, -0.15) is 0 Å². The predicted molar refractivity (Wildman–Crippen MR) is 111 cm³/mol. The molecule has 0 radical (unpaired) electrons. The quantitative estimate of drug-likeness (QED) is 0.500. The van der Waals surface area contributed by atoms with Crippen molar-refractivity contribution >= 4 is 12.5 Å². The van der Waals surface area contributed by atoms with Gasteiger partial charge in [0.15, 0.2) is 0 Å². The van der Waals surface area contributed by atoms with Crippen molar-refractivity contribution in [1.82, 2.24) is 0 Å². The molecule has 0 amide bonds. The minimum atomic E-state index is -1.80. The van der Waals surface area contributed by atoms with Gasteiger partial charge in [0.05, 0.1) is 0 Å². The summed E-state index contributed by atoms with van der Waals surface area (Å²) in [6.45, 7) is 11.8. The molecule has 2 aliphatic rings. The van der Waals surface area contributed by atoms with E-state index in [2.05, 4.69) is 95.2 Å². The minimum absolute atomic E-state index is 0. The molecule has 2 aromatic rings. The molecule has 2 aromatic carbocycles. The molecular weight excluding hydrogens is 478 g/mol. The van der Waals surface area contributed by atoms with Crippen LogP contribution in [0, 0.1) is 5.92 Å². The zero-order valence-corrected chi connectivity index (χ0v) is 22.3. The van der Waals surface area contributed by atoms with Gasteiger partial charge in [-0.15, -0.1) is 0 Å². The van der Waals surface area contributed by atoms with E-state index in [0.717, 1.165) is 0 Å². The normalized spacial score (nSPS) is 20.0. The third-order valence-corrected chi connectivity index (χ3v) is 17.9. The topological polar surface area (TPSA) is 0 Å². The summed E-state index contributed by atoms with van der Waals surface area (Å²) in [6.07, 6.45) is 2.61. The first kappa shape index (κ1) is 23.6. The molecule has 28 heavy (non-hydrogen) atoms. The van der Waals surface area contributed by atoms with E-state index < -0.39 is 20.4 Å². The first-order valence-corrected chi connectivity index (χ1v) is 18.0. The van der Waals surface area contributed by atoms with E-state index in [9.17, 15) is 0 Å². The van der Waals surface area contributed by atoms with E-state index in [0.29, 0.717) is 9.54 Å². The van der Waals surface area contributed by atoms with Crippen LogP contribution < -0.4 is 24.8 Å². The Bertz CT molecular complexity index is 1000. The van der Waals surface area contributed by atoms with Crippen LogP contribution in [0.5, 0.6) is 0 Å². The zero-order chi connectivity index (χ0) is 18.4. The van der Waals surface area contributed by atoms with Crippen molar-refractivity contribution in [2.45, 2.75) is 31.3 Å². The van der Waals surface area contributed by atoms with Gasteiger partial charge >= 0.3 is 167 Å². The van der Waals surface area contributed by atoms with Crippen LogP contribution >= 0.6 is 0 Å². The van der Waals surface area contributed by atoms with Crippen LogP contribution in [0.15, 0.2) is 80.7 Å². The molecule has 2 aliphatic carbocycles. The summed E-state index contributed by atoms with van der Waals surface area (Å²) in [6, 6.07) is 20.0. The van der Waals surface area contributed by atoms with Crippen molar-refractivity contribution in [3.05, 3.63) is 97.4 Å². The Labute approximate surface area is 191 Å². The second kappa shape index (κ2) is 9.43. The van der Waals surface area contributed by atoms with Crippen LogP contribution in [0.25, 0.3) is 5.57 Å². The van der Waals surface area contributed by atoms with Crippen LogP contribution in [0.3, 0.4) is 0 Å². The Kier molecular flexibility index (Phi) is 7.96. The van der Waals surface area contributed by atoms with Crippen molar-refractivity contribution in [2.75, 3.05) is 0 Å². The summed E-state index contributed by atoms with van der Waals surface area (Å²) in [7, 11) is 0. The number of rotatable bonds is 3. The summed E-state index contributed by atoms with van der Waals surface area (Å²) < 4.78 is 2.50. The average Bonchev–Trinajstić information content (AvgIpc) is 3.14. The monoisotopic (exact) mass is 502 g/mol. The largest absolute Gasteiger partial charge is 1.00 e. The molecule has 0 nitrogen and oxygen atoms in total. The molecule has 4 rings (SSSR count). The molecule has 0 N–H and O–H groups in total. The smallest absolute Gasteiger partial charge is 1.00 e. The van der Waals surface area contributed by atoms with Crippen molar-refractivity contribution in [2.24, 2.45) is 5.92 Å². The SMILES string of the molecule is CC1=C(C)C(C)[C]([Zr+2](=[SiH2])[CH]2C=C(c3ccccc3)c3ccccc32)=C1C.[Cl-].[Cl-]. The Morgan fingerprint density at radius 2 is 1.43 bits per heavy atom. The van der Waals surface area contributed by atoms with E-state index in [1.54, 1.807) is 22.3 Å². The molecule has 2 unspecified atom stereocenters. The average molecular weight is 505 g/mol. The summed E-state index contributed by atoms with van der Waals surface area (Å²) in [5, 5.41) is 0. The number of benzene rings is 2. The molecule has 0 saturated carbocycles. The van der Waals surface area contributed by atoms with Gasteiger partial charge in [-0.3, -0.25) is 0 Å². The maximum Gasteiger partial charge on any atom is -1.00 e. The summed E-state index contributed by atoms with van der Waals surface area (Å²) in [5.74, 6) is 0.656. The van der Waals surface area contributed by atoms with Gasteiger partial charge in [0.2, 0.25) is 0 Å². The molecule has 0 spiro atoms. The number of hydrogen-bond donors (Lipinski definition) is 0. The fourth-order valence-corrected chi connectivity index (χ4v) is 16.8. The summed E-state index contributed by atoms with van der Waals surface area (Å²) in [4.78, 5) is 0. The van der Waals surface area contributed by atoms with Crippen molar-refractivity contribution in [1.29, 1.82) is 0 Å². The first-order chi connectivity index (χ1) is 12.5. The number of hydrogen-bond acceptors (Lipinski definition) is 0. The number of halogens is 2. The Balaban J connectivity index is 0.00000140. The standard InChI is InChI=1S/C15H11.C9H13.2ClH.H2Si.Zr/c1-2-6-12(7-3-1)15-11-10-13-8-4-5-9-14(13)15;1-6-5-7(2)9(4)8(6)3;;;;/h1-11H;6H,1-4H3;2*1H;1H2;/q;;;;;+2/p-2. The molecule has 0 fully saturated rings. The summed E-state index contributed by atoms with van der Waals surface area (Å²) in [5.41, 5.74) is 10.6. The molecule has 4 heteroatoms. The van der Waals surface area contributed by atoms with Gasteiger partial charge < -0.3 is 24.8 Å². The minimum Gasteiger partial charge on any atom is -1.00 e. The second-order valence-electron chi connectivity index (χ2n) is 7.60. The molecule has 0 heterocycles. The molecule has 0 aromatic heterocycles. The van der Waals surface area contributed by atoms with E-state index in [-0.39, 0.29) is 24.8 Å². The van der Waals surface area contributed by atoms with Crippen molar-refractivity contribution in [3.63, 3.8) is 0 Å². The Hall–Kier alpha value is -0.660. The summed E-state index contributed by atoms with van der Waals surface area (Å²) >= 11 is -1.80. The molecular formula is C24H26Cl2SiZr. The third-order valence-electron chi connectivity index (χ3n) is 6.37. The van der Waals surface area contributed by atoms with Crippen molar-refractivity contribution in [3.8, 4) is 0 Å². The van der Waals surface area contributed by atoms with E-state index in [4.69, 9.17) is 0 Å². The van der Waals surface area contributed by atoms with E-state index in [1.807, 2.05) is 3.28 Å². The zero-order valence-electron chi connectivity index (χ0n) is 16.9. The van der Waals surface area contributed by atoms with Gasteiger partial charge in [0, 0.05) is 0 Å². The first-order valence-electron chi connectivity index (χ1n) is 9.45. The van der Waals surface area contributed by atoms with Gasteiger partial charge in [-0.1, -0.05) is 0 Å². The number of fused-ring (bicyclic) bond motifs is 1. The predicted octanol–water partition coefficient (Wildman–Crippen LogP) is -0.393. The molecule has 0 bridgehead atoms. The molecule has 144 valence electrons. The maximum atomic E-state index is 2.61. The van der Waals surface area contributed by atoms with Gasteiger partial charge in [-0.05, 0) is 0 Å². The van der Waals surface area contributed by atoms with Gasteiger partial charge in [0.1, 0.15) is 0 Å². The Morgan fingerprint density at radius 1 is 0.821 bits per heavy atom. The molecule has 0 saturated heterocycles. The van der Waals surface area contributed by atoms with Crippen LogP contribution in [0.4, 0.5) is 0 Å². The fourth-order valence-electron chi connectivity index (χ4n) is 4.57. The molecule has 0 aliphatic heterocycles. The maximum absolute atomic E-state index is 2.61. The van der Waals surface area contributed by atoms with Crippen LogP contribution in [-0.2, 0) is 20.4 Å². The van der Waals surface area contributed by atoms with Crippen LogP contribution in [-0.4, -0.2) is 6.88 Å². The van der Waals surface area contributed by atoms with Gasteiger partial charge in [0.25, 0.3) is 0 Å². The van der Waals surface area contributed by atoms with E-state index >= 15 is 0 Å². The second-order valence-corrected chi connectivity index (χ2v) is 17.5. The molecule has 2 atom stereocenters. The van der Waals surface area contributed by atoms with Gasteiger partial charge in [-0.25, -0.2) is 0 Å². The third kappa shape index (κ3) is 3.86. The van der Waals surface area contributed by atoms with Crippen molar-refractivity contribution < 1.29 is 45.2 Å². The Morgan fingerprint density at radius 3 is 2.04 bits per heavy atom. The van der Waals surface area contributed by atoms with Crippen LogP contribution in [0.2, 0.25) is 0 Å². The number of allylic oxidation sites excluding steroid dienone is 5. The fraction of sp³-hybridized carbons (Fsp3) is 0.250. The van der Waals surface area contributed by atoms with E-state index in [1.165, 1.54) is 16.7 Å². The van der Waals surface area contributed by atoms with Crippen LogP contribution in [0.1, 0.15) is 48.0 Å².